The van der Waals surface area contributed by atoms with E-state index in [0.29, 0.717) is 5.92 Å². The predicted octanol–water partition coefficient (Wildman–Crippen LogP) is 5.04. The Morgan fingerprint density at radius 1 is 1.17 bits per heavy atom. The van der Waals surface area contributed by atoms with Crippen LogP contribution in [0.3, 0.4) is 0 Å². The second-order valence-corrected chi connectivity index (χ2v) is 7.86. The van der Waals surface area contributed by atoms with Crippen LogP contribution in [0.15, 0.2) is 29.2 Å². The van der Waals surface area contributed by atoms with Crippen LogP contribution in [0.2, 0.25) is 0 Å². The summed E-state index contributed by atoms with van der Waals surface area (Å²) in [6.45, 7) is 11.2. The van der Waals surface area contributed by atoms with Gasteiger partial charge < -0.3 is 5.73 Å². The molecular formula is C15H26ClNS. The SMILES string of the molecule is CC(C)C[C@@H](N)c1ccccc1SC(C)(C)C.Cl. The Morgan fingerprint density at radius 3 is 2.22 bits per heavy atom. The lowest BCUT2D eigenvalue weighted by molar-refractivity contribution is 0.505. The van der Waals surface area contributed by atoms with E-state index in [0.717, 1.165) is 6.42 Å². The molecule has 2 N–H and O–H groups in total. The maximum absolute atomic E-state index is 6.30. The van der Waals surface area contributed by atoms with Crippen molar-refractivity contribution in [3.63, 3.8) is 0 Å². The average Bonchev–Trinajstić information content (AvgIpc) is 2.14. The van der Waals surface area contributed by atoms with Crippen molar-refractivity contribution in [3.8, 4) is 0 Å². The van der Waals surface area contributed by atoms with Gasteiger partial charge in [-0.2, -0.15) is 0 Å². The molecule has 0 saturated heterocycles. The van der Waals surface area contributed by atoms with Crippen LogP contribution in [0.25, 0.3) is 0 Å². The number of benzene rings is 1. The number of halogens is 1. The summed E-state index contributed by atoms with van der Waals surface area (Å²) < 4.78 is 0.230. The highest BCUT2D eigenvalue weighted by molar-refractivity contribution is 8.00. The first-order valence-electron chi connectivity index (χ1n) is 6.33. The molecule has 1 aromatic rings. The lowest BCUT2D eigenvalue weighted by Gasteiger charge is -2.23. The summed E-state index contributed by atoms with van der Waals surface area (Å²) in [7, 11) is 0. The fourth-order valence-corrected chi connectivity index (χ4v) is 2.99. The predicted molar refractivity (Wildman–Crippen MR) is 85.7 cm³/mol. The van der Waals surface area contributed by atoms with E-state index in [2.05, 4.69) is 58.9 Å². The molecule has 0 aliphatic rings. The quantitative estimate of drug-likeness (QED) is 0.785. The molecule has 0 amide bonds. The number of hydrogen-bond acceptors (Lipinski definition) is 2. The molecule has 1 nitrogen and oxygen atoms in total. The molecule has 0 unspecified atom stereocenters. The molecule has 1 rings (SSSR count). The topological polar surface area (TPSA) is 26.0 Å². The first-order chi connectivity index (χ1) is 7.79. The standard InChI is InChI=1S/C15H25NS.ClH/c1-11(2)10-13(16)12-8-6-7-9-14(12)17-15(3,4)5;/h6-9,11,13H,10,16H2,1-5H3;1H/t13-;/m1./s1. The summed E-state index contributed by atoms with van der Waals surface area (Å²) in [6.07, 6.45) is 1.04. The summed E-state index contributed by atoms with van der Waals surface area (Å²) in [5.74, 6) is 0.637. The normalized spacial score (nSPS) is 13.3. The largest absolute Gasteiger partial charge is 0.324 e. The van der Waals surface area contributed by atoms with Gasteiger partial charge in [0.05, 0.1) is 0 Å². The molecule has 104 valence electrons. The molecule has 3 heteroatoms. The van der Waals surface area contributed by atoms with Gasteiger partial charge in [-0.1, -0.05) is 52.8 Å². The minimum absolute atomic E-state index is 0. The van der Waals surface area contributed by atoms with Crippen LogP contribution in [0, 0.1) is 5.92 Å². The Morgan fingerprint density at radius 2 is 1.72 bits per heavy atom. The van der Waals surface area contributed by atoms with E-state index >= 15 is 0 Å². The minimum Gasteiger partial charge on any atom is -0.324 e. The lowest BCUT2D eigenvalue weighted by atomic mass is 9.98. The number of thioether (sulfide) groups is 1. The van der Waals surface area contributed by atoms with Crippen LogP contribution in [-0.4, -0.2) is 4.75 Å². The van der Waals surface area contributed by atoms with Gasteiger partial charge in [-0.05, 0) is 24.0 Å². The zero-order chi connectivity index (χ0) is 13.1. The summed E-state index contributed by atoms with van der Waals surface area (Å²) in [5.41, 5.74) is 7.59. The fraction of sp³-hybridized carbons (Fsp3) is 0.600. The van der Waals surface area contributed by atoms with E-state index in [-0.39, 0.29) is 23.2 Å². The van der Waals surface area contributed by atoms with Gasteiger partial charge in [0.15, 0.2) is 0 Å². The van der Waals surface area contributed by atoms with Crippen molar-refractivity contribution in [2.24, 2.45) is 11.7 Å². The second kappa shape index (κ2) is 7.42. The molecule has 0 spiro atoms. The third kappa shape index (κ3) is 6.12. The summed E-state index contributed by atoms with van der Waals surface area (Å²) >= 11 is 1.90. The van der Waals surface area contributed by atoms with Gasteiger partial charge in [0.2, 0.25) is 0 Å². The Bertz CT molecular complexity index is 358. The van der Waals surface area contributed by atoms with Gasteiger partial charge >= 0.3 is 0 Å². The number of nitrogens with two attached hydrogens (primary N) is 1. The van der Waals surface area contributed by atoms with Gasteiger partial charge in [0.25, 0.3) is 0 Å². The Hall–Kier alpha value is -0.180. The summed E-state index contributed by atoms with van der Waals surface area (Å²) in [5, 5.41) is 0. The molecular weight excluding hydrogens is 262 g/mol. The molecule has 0 heterocycles. The smallest absolute Gasteiger partial charge is 0.0308 e. The Balaban J connectivity index is 0.00000289. The van der Waals surface area contributed by atoms with Crippen LogP contribution in [-0.2, 0) is 0 Å². The Kier molecular flexibility index (Phi) is 7.34. The molecule has 1 atom stereocenters. The maximum atomic E-state index is 6.30. The minimum atomic E-state index is 0. The molecule has 0 bridgehead atoms. The monoisotopic (exact) mass is 287 g/mol. The first kappa shape index (κ1) is 17.8. The van der Waals surface area contributed by atoms with Crippen molar-refractivity contribution in [3.05, 3.63) is 29.8 Å². The van der Waals surface area contributed by atoms with Crippen molar-refractivity contribution >= 4 is 24.2 Å². The molecule has 0 saturated carbocycles. The summed E-state index contributed by atoms with van der Waals surface area (Å²) in [6, 6.07) is 8.69. The maximum Gasteiger partial charge on any atom is 0.0308 e. The van der Waals surface area contributed by atoms with Crippen LogP contribution in [0.4, 0.5) is 0 Å². The van der Waals surface area contributed by atoms with Gasteiger partial charge in [0.1, 0.15) is 0 Å². The van der Waals surface area contributed by atoms with Crippen LogP contribution in [0.1, 0.15) is 52.6 Å². The van der Waals surface area contributed by atoms with E-state index in [4.69, 9.17) is 5.73 Å². The number of rotatable bonds is 4. The van der Waals surface area contributed by atoms with E-state index in [1.807, 2.05) is 11.8 Å². The van der Waals surface area contributed by atoms with Crippen LogP contribution >= 0.6 is 24.2 Å². The third-order valence-electron chi connectivity index (χ3n) is 2.46. The fourth-order valence-electron chi connectivity index (χ4n) is 1.84. The van der Waals surface area contributed by atoms with Gasteiger partial charge in [-0.25, -0.2) is 0 Å². The van der Waals surface area contributed by atoms with Crippen molar-refractivity contribution in [1.82, 2.24) is 0 Å². The van der Waals surface area contributed by atoms with Gasteiger partial charge in [-0.3, -0.25) is 0 Å². The summed E-state index contributed by atoms with van der Waals surface area (Å²) in [4.78, 5) is 1.33. The highest BCUT2D eigenvalue weighted by Crippen LogP contribution is 2.36. The van der Waals surface area contributed by atoms with Crippen molar-refractivity contribution in [1.29, 1.82) is 0 Å². The van der Waals surface area contributed by atoms with Crippen molar-refractivity contribution in [2.75, 3.05) is 0 Å². The van der Waals surface area contributed by atoms with E-state index in [9.17, 15) is 0 Å². The molecule has 18 heavy (non-hydrogen) atoms. The van der Waals surface area contributed by atoms with E-state index in [1.54, 1.807) is 0 Å². The molecule has 0 aliphatic carbocycles. The highest BCUT2D eigenvalue weighted by atomic mass is 35.5. The second-order valence-electron chi connectivity index (χ2n) is 5.99. The molecule has 0 aliphatic heterocycles. The van der Waals surface area contributed by atoms with Crippen LogP contribution in [0.5, 0.6) is 0 Å². The first-order valence-corrected chi connectivity index (χ1v) is 7.15. The Labute approximate surface area is 122 Å². The van der Waals surface area contributed by atoms with Gasteiger partial charge in [-0.15, -0.1) is 24.2 Å². The molecule has 0 aromatic heterocycles. The van der Waals surface area contributed by atoms with Crippen molar-refractivity contribution in [2.45, 2.75) is 56.7 Å². The van der Waals surface area contributed by atoms with Gasteiger partial charge in [0, 0.05) is 15.7 Å². The highest BCUT2D eigenvalue weighted by Gasteiger charge is 2.17. The molecule has 1 aromatic carbocycles. The third-order valence-corrected chi connectivity index (χ3v) is 3.66. The number of hydrogen-bond donors (Lipinski definition) is 1. The van der Waals surface area contributed by atoms with Crippen LogP contribution < -0.4 is 5.73 Å². The average molecular weight is 288 g/mol. The molecule has 0 radical (unpaired) electrons. The van der Waals surface area contributed by atoms with E-state index < -0.39 is 0 Å². The molecule has 0 fully saturated rings. The van der Waals surface area contributed by atoms with Crippen molar-refractivity contribution < 1.29 is 0 Å². The lowest BCUT2D eigenvalue weighted by Crippen LogP contribution is -2.15. The zero-order valence-electron chi connectivity index (χ0n) is 12.1. The zero-order valence-corrected chi connectivity index (χ0v) is 13.7. The van der Waals surface area contributed by atoms with E-state index in [1.165, 1.54) is 10.5 Å².